The number of nitrogens with one attached hydrogen (secondary N) is 1. The van der Waals surface area contributed by atoms with Crippen LogP contribution in [0.5, 0.6) is 0 Å². The molecule has 0 spiro atoms. The Morgan fingerprint density at radius 1 is 1.50 bits per heavy atom. The molecule has 1 unspecified atom stereocenters. The largest absolute Gasteiger partial charge is 0.300 e. The summed E-state index contributed by atoms with van der Waals surface area (Å²) in [4.78, 5) is 4.32. The fourth-order valence-corrected chi connectivity index (χ4v) is 2.38. The van der Waals surface area contributed by atoms with Gasteiger partial charge in [0.2, 0.25) is 0 Å². The van der Waals surface area contributed by atoms with Crippen molar-refractivity contribution in [1.29, 1.82) is 0 Å². The quantitative estimate of drug-likeness (QED) is 0.713. The highest BCUT2D eigenvalue weighted by Crippen LogP contribution is 2.27. The molecule has 0 aromatic carbocycles. The average Bonchev–Trinajstić information content (AvgIpc) is 2.21. The van der Waals surface area contributed by atoms with Crippen LogP contribution < -0.4 is 5.32 Å². The first-order valence-electron chi connectivity index (χ1n) is 4.23. The predicted octanol–water partition coefficient (Wildman–Crippen LogP) is 1.81. The number of pyridine rings is 1. The van der Waals surface area contributed by atoms with Gasteiger partial charge in [0.25, 0.3) is 0 Å². The molecule has 0 bridgehead atoms. The summed E-state index contributed by atoms with van der Waals surface area (Å²) >= 11 is 1.94. The van der Waals surface area contributed by atoms with Gasteiger partial charge in [-0.15, -0.1) is 11.8 Å². The maximum absolute atomic E-state index is 4.32. The average molecular weight is 180 g/mol. The minimum absolute atomic E-state index is 0.417. The van der Waals surface area contributed by atoms with Crippen molar-refractivity contribution >= 4 is 11.8 Å². The Hall–Kier alpha value is -0.540. The Bertz CT molecular complexity index is 232. The molecule has 0 radical (unpaired) electrons. The van der Waals surface area contributed by atoms with Gasteiger partial charge in [0.1, 0.15) is 0 Å². The Kier molecular flexibility index (Phi) is 2.64. The third-order valence-corrected chi connectivity index (χ3v) is 3.16. The maximum atomic E-state index is 4.32. The van der Waals surface area contributed by atoms with Crippen molar-refractivity contribution in [3.8, 4) is 0 Å². The van der Waals surface area contributed by atoms with Crippen molar-refractivity contribution in [3.05, 3.63) is 30.1 Å². The molecule has 1 N–H and O–H groups in total. The summed E-state index contributed by atoms with van der Waals surface area (Å²) in [6.45, 7) is 1.12. The number of hydrogen-bond acceptors (Lipinski definition) is 3. The minimum atomic E-state index is 0.417. The smallest absolute Gasteiger partial charge is 0.0962 e. The molecule has 1 atom stereocenters. The van der Waals surface area contributed by atoms with Gasteiger partial charge in [-0.2, -0.15) is 0 Å². The zero-order valence-corrected chi connectivity index (χ0v) is 7.68. The summed E-state index contributed by atoms with van der Waals surface area (Å²) in [6, 6.07) is 6.08. The van der Waals surface area contributed by atoms with Crippen LogP contribution in [0.2, 0.25) is 0 Å². The van der Waals surface area contributed by atoms with E-state index < -0.39 is 0 Å². The van der Waals surface area contributed by atoms with Crippen molar-refractivity contribution in [2.45, 2.75) is 11.8 Å². The summed E-state index contributed by atoms with van der Waals surface area (Å²) in [6.07, 6.45) is 3.13. The van der Waals surface area contributed by atoms with Gasteiger partial charge >= 0.3 is 0 Å². The molecule has 1 fully saturated rings. The Morgan fingerprint density at radius 3 is 3.17 bits per heavy atom. The Balaban J connectivity index is 2.08. The normalized spacial score (nSPS) is 23.8. The Labute approximate surface area is 76.8 Å². The fraction of sp³-hybridized carbons (Fsp3) is 0.444. The first kappa shape index (κ1) is 8.08. The highest BCUT2D eigenvalue weighted by atomic mass is 32.2. The number of aromatic nitrogens is 1. The van der Waals surface area contributed by atoms with Gasteiger partial charge in [0.15, 0.2) is 0 Å². The van der Waals surface area contributed by atoms with E-state index in [9.17, 15) is 0 Å². The van der Waals surface area contributed by atoms with Crippen LogP contribution in [-0.4, -0.2) is 17.3 Å². The molecule has 0 aliphatic carbocycles. The number of thioether (sulfide) groups is 1. The molecule has 0 amide bonds. The summed E-state index contributed by atoms with van der Waals surface area (Å²) in [5.41, 5.74) is 1.15. The van der Waals surface area contributed by atoms with E-state index in [-0.39, 0.29) is 0 Å². The second-order valence-electron chi connectivity index (χ2n) is 2.81. The van der Waals surface area contributed by atoms with Crippen molar-refractivity contribution in [2.75, 3.05) is 12.3 Å². The lowest BCUT2D eigenvalue weighted by Gasteiger charge is -2.22. The predicted molar refractivity (Wildman–Crippen MR) is 52.1 cm³/mol. The zero-order chi connectivity index (χ0) is 8.23. The molecule has 1 aliphatic heterocycles. The monoisotopic (exact) mass is 180 g/mol. The first-order valence-corrected chi connectivity index (χ1v) is 5.27. The van der Waals surface area contributed by atoms with E-state index in [0.29, 0.717) is 5.37 Å². The highest BCUT2D eigenvalue weighted by molar-refractivity contribution is 7.99. The lowest BCUT2D eigenvalue weighted by atomic mass is 10.3. The van der Waals surface area contributed by atoms with Gasteiger partial charge in [-0.25, -0.2) is 0 Å². The molecule has 1 aromatic heterocycles. The van der Waals surface area contributed by atoms with Crippen LogP contribution in [0.4, 0.5) is 0 Å². The van der Waals surface area contributed by atoms with Gasteiger partial charge in [0, 0.05) is 6.20 Å². The maximum Gasteiger partial charge on any atom is 0.0962 e. The van der Waals surface area contributed by atoms with Crippen LogP contribution in [0.15, 0.2) is 24.4 Å². The molecule has 64 valence electrons. The van der Waals surface area contributed by atoms with Crippen molar-refractivity contribution in [2.24, 2.45) is 0 Å². The molecule has 2 nitrogen and oxygen atoms in total. The molecule has 1 saturated heterocycles. The third-order valence-electron chi connectivity index (χ3n) is 1.89. The summed E-state index contributed by atoms with van der Waals surface area (Å²) in [7, 11) is 0. The lowest BCUT2D eigenvalue weighted by Crippen LogP contribution is -2.25. The van der Waals surface area contributed by atoms with E-state index >= 15 is 0 Å². The minimum Gasteiger partial charge on any atom is -0.300 e. The van der Waals surface area contributed by atoms with Gasteiger partial charge < -0.3 is 5.32 Å². The van der Waals surface area contributed by atoms with Crippen molar-refractivity contribution in [3.63, 3.8) is 0 Å². The number of hydrogen-bond donors (Lipinski definition) is 1. The molecular formula is C9H12N2S. The topological polar surface area (TPSA) is 24.9 Å². The van der Waals surface area contributed by atoms with Crippen LogP contribution >= 0.6 is 11.8 Å². The van der Waals surface area contributed by atoms with Gasteiger partial charge in [-0.05, 0) is 30.9 Å². The summed E-state index contributed by atoms with van der Waals surface area (Å²) < 4.78 is 0. The fourth-order valence-electron chi connectivity index (χ4n) is 1.29. The van der Waals surface area contributed by atoms with E-state index in [1.165, 1.54) is 12.2 Å². The molecule has 0 saturated carbocycles. The third kappa shape index (κ3) is 1.79. The zero-order valence-electron chi connectivity index (χ0n) is 6.86. The van der Waals surface area contributed by atoms with E-state index in [0.717, 1.165) is 12.2 Å². The van der Waals surface area contributed by atoms with Crippen LogP contribution in [0, 0.1) is 0 Å². The molecule has 1 aliphatic rings. The Morgan fingerprint density at radius 2 is 2.50 bits per heavy atom. The van der Waals surface area contributed by atoms with Crippen LogP contribution in [0.25, 0.3) is 0 Å². The second kappa shape index (κ2) is 3.92. The van der Waals surface area contributed by atoms with Gasteiger partial charge in [-0.1, -0.05) is 6.07 Å². The summed E-state index contributed by atoms with van der Waals surface area (Å²) in [5.74, 6) is 1.24. The van der Waals surface area contributed by atoms with Gasteiger partial charge in [-0.3, -0.25) is 4.98 Å². The molecule has 3 heteroatoms. The van der Waals surface area contributed by atoms with Crippen molar-refractivity contribution in [1.82, 2.24) is 10.3 Å². The first-order chi connectivity index (χ1) is 5.97. The molecule has 2 rings (SSSR count). The van der Waals surface area contributed by atoms with E-state index in [1.807, 2.05) is 30.1 Å². The molecule has 2 heterocycles. The van der Waals surface area contributed by atoms with Gasteiger partial charge in [0.05, 0.1) is 11.1 Å². The van der Waals surface area contributed by atoms with E-state index in [4.69, 9.17) is 0 Å². The lowest BCUT2D eigenvalue weighted by molar-refractivity contribution is 0.632. The van der Waals surface area contributed by atoms with Crippen LogP contribution in [-0.2, 0) is 0 Å². The molecule has 12 heavy (non-hydrogen) atoms. The molecule has 1 aromatic rings. The van der Waals surface area contributed by atoms with Crippen LogP contribution in [0.3, 0.4) is 0 Å². The highest BCUT2D eigenvalue weighted by Gasteiger charge is 2.15. The number of rotatable bonds is 1. The van der Waals surface area contributed by atoms with E-state index in [2.05, 4.69) is 16.4 Å². The van der Waals surface area contributed by atoms with E-state index in [1.54, 1.807) is 0 Å². The second-order valence-corrected chi connectivity index (χ2v) is 4.03. The SMILES string of the molecule is c1ccc(C2NCCCS2)nc1. The molecular weight excluding hydrogens is 168 g/mol. The standard InChI is InChI=1S/C9H12N2S/c1-2-5-10-8(4-1)9-11-6-3-7-12-9/h1-2,4-5,9,11H,3,6-7H2. The van der Waals surface area contributed by atoms with Crippen molar-refractivity contribution < 1.29 is 0 Å². The summed E-state index contributed by atoms with van der Waals surface area (Å²) in [5, 5.41) is 3.85. The number of nitrogens with zero attached hydrogens (tertiary/aromatic N) is 1. The van der Waals surface area contributed by atoms with Crippen LogP contribution in [0.1, 0.15) is 17.5 Å².